The standard InChI is InChI=1S/C19H19N3O2/c1-11-9-12(2)16(13(3)10-11)20-18(23)17-14-7-5-6-8-15(14)19(24)22(4)21-17/h5-10H,1-4H3,(H,20,23). The Balaban J connectivity index is 2.11. The van der Waals surface area contributed by atoms with Crippen molar-refractivity contribution in [3.8, 4) is 0 Å². The number of carbonyl (C=O) groups is 1. The van der Waals surface area contributed by atoms with E-state index in [1.165, 1.54) is 4.68 Å². The van der Waals surface area contributed by atoms with E-state index in [0.717, 1.165) is 22.4 Å². The first-order valence-corrected chi connectivity index (χ1v) is 7.73. The second-order valence-corrected chi connectivity index (χ2v) is 6.05. The average Bonchev–Trinajstić information content (AvgIpc) is 2.54. The number of amides is 1. The molecule has 5 nitrogen and oxygen atoms in total. The number of carbonyl (C=O) groups excluding carboxylic acids is 1. The molecule has 0 radical (unpaired) electrons. The lowest BCUT2D eigenvalue weighted by atomic mass is 10.0. The Morgan fingerprint density at radius 3 is 2.25 bits per heavy atom. The van der Waals surface area contributed by atoms with Gasteiger partial charge in [0.05, 0.1) is 5.39 Å². The van der Waals surface area contributed by atoms with E-state index in [0.29, 0.717) is 10.8 Å². The largest absolute Gasteiger partial charge is 0.320 e. The molecule has 1 heterocycles. The van der Waals surface area contributed by atoms with Gasteiger partial charge in [-0.05, 0) is 38.0 Å². The van der Waals surface area contributed by atoms with E-state index in [1.807, 2.05) is 32.9 Å². The van der Waals surface area contributed by atoms with Gasteiger partial charge in [-0.1, -0.05) is 35.9 Å². The molecular formula is C19H19N3O2. The second-order valence-electron chi connectivity index (χ2n) is 6.05. The van der Waals surface area contributed by atoms with Crippen LogP contribution in [0.1, 0.15) is 27.2 Å². The van der Waals surface area contributed by atoms with E-state index < -0.39 is 0 Å². The van der Waals surface area contributed by atoms with Gasteiger partial charge in [0.1, 0.15) is 0 Å². The Morgan fingerprint density at radius 2 is 1.62 bits per heavy atom. The molecule has 0 saturated heterocycles. The number of anilines is 1. The maximum Gasteiger partial charge on any atom is 0.276 e. The predicted molar refractivity (Wildman–Crippen MR) is 95.6 cm³/mol. The van der Waals surface area contributed by atoms with Gasteiger partial charge in [0.25, 0.3) is 11.5 Å². The SMILES string of the molecule is Cc1cc(C)c(NC(=O)c2nn(C)c(=O)c3ccccc23)c(C)c1. The van der Waals surface area contributed by atoms with E-state index >= 15 is 0 Å². The Bertz CT molecular complexity index is 996. The number of hydrogen-bond acceptors (Lipinski definition) is 3. The van der Waals surface area contributed by atoms with Crippen molar-refractivity contribution in [2.45, 2.75) is 20.8 Å². The van der Waals surface area contributed by atoms with Crippen molar-refractivity contribution in [2.24, 2.45) is 7.05 Å². The minimum absolute atomic E-state index is 0.218. The van der Waals surface area contributed by atoms with Gasteiger partial charge < -0.3 is 5.32 Å². The van der Waals surface area contributed by atoms with Crippen LogP contribution < -0.4 is 10.9 Å². The first-order valence-electron chi connectivity index (χ1n) is 7.73. The molecule has 5 heteroatoms. The molecule has 0 bridgehead atoms. The third-order valence-electron chi connectivity index (χ3n) is 4.09. The molecule has 0 spiro atoms. The van der Waals surface area contributed by atoms with Crippen LogP contribution in [0, 0.1) is 20.8 Å². The highest BCUT2D eigenvalue weighted by molar-refractivity contribution is 6.11. The summed E-state index contributed by atoms with van der Waals surface area (Å²) in [6.07, 6.45) is 0. The maximum absolute atomic E-state index is 12.8. The zero-order chi connectivity index (χ0) is 17.4. The fourth-order valence-corrected chi connectivity index (χ4v) is 3.02. The predicted octanol–water partition coefficient (Wildman–Crippen LogP) is 3.11. The lowest BCUT2D eigenvalue weighted by Crippen LogP contribution is -2.25. The van der Waals surface area contributed by atoms with Crippen molar-refractivity contribution in [2.75, 3.05) is 5.32 Å². The molecule has 0 saturated carbocycles. The van der Waals surface area contributed by atoms with Gasteiger partial charge in [0, 0.05) is 18.1 Å². The molecule has 0 unspecified atom stereocenters. The zero-order valence-electron chi connectivity index (χ0n) is 14.2. The lowest BCUT2D eigenvalue weighted by molar-refractivity contribution is 0.102. The highest BCUT2D eigenvalue weighted by atomic mass is 16.2. The third kappa shape index (κ3) is 2.69. The number of aromatic nitrogens is 2. The van der Waals surface area contributed by atoms with Crippen LogP contribution in [0.2, 0.25) is 0 Å². The molecule has 0 aliphatic rings. The molecule has 1 aromatic heterocycles. The summed E-state index contributed by atoms with van der Waals surface area (Å²) in [5, 5.41) is 8.15. The van der Waals surface area contributed by atoms with Crippen molar-refractivity contribution >= 4 is 22.4 Å². The van der Waals surface area contributed by atoms with Crippen molar-refractivity contribution in [1.29, 1.82) is 0 Å². The highest BCUT2D eigenvalue weighted by Gasteiger charge is 2.17. The van der Waals surface area contributed by atoms with Gasteiger partial charge in [-0.15, -0.1) is 0 Å². The van der Waals surface area contributed by atoms with Crippen LogP contribution in [0.15, 0.2) is 41.2 Å². The topological polar surface area (TPSA) is 64.0 Å². The minimum Gasteiger partial charge on any atom is -0.320 e. The first kappa shape index (κ1) is 15.9. The Labute approximate surface area is 139 Å². The maximum atomic E-state index is 12.8. The number of benzene rings is 2. The molecule has 1 N–H and O–H groups in total. The second kappa shape index (κ2) is 5.92. The van der Waals surface area contributed by atoms with Crippen LogP contribution in [-0.2, 0) is 7.05 Å². The molecule has 3 aromatic rings. The van der Waals surface area contributed by atoms with Gasteiger partial charge in [0.2, 0.25) is 0 Å². The molecular weight excluding hydrogens is 302 g/mol. The molecule has 0 aliphatic heterocycles. The highest BCUT2D eigenvalue weighted by Crippen LogP contribution is 2.23. The van der Waals surface area contributed by atoms with Crippen LogP contribution in [0.3, 0.4) is 0 Å². The Kier molecular flexibility index (Phi) is 3.93. The summed E-state index contributed by atoms with van der Waals surface area (Å²) in [6.45, 7) is 5.94. The first-order chi connectivity index (χ1) is 11.4. The van der Waals surface area contributed by atoms with Gasteiger partial charge in [0.15, 0.2) is 5.69 Å². The van der Waals surface area contributed by atoms with Crippen LogP contribution in [0.5, 0.6) is 0 Å². The molecule has 2 aromatic carbocycles. The van der Waals surface area contributed by atoms with Crippen LogP contribution in [-0.4, -0.2) is 15.7 Å². The van der Waals surface area contributed by atoms with Crippen LogP contribution in [0.4, 0.5) is 5.69 Å². The van der Waals surface area contributed by atoms with Gasteiger partial charge in [-0.3, -0.25) is 9.59 Å². The monoisotopic (exact) mass is 321 g/mol. The summed E-state index contributed by atoms with van der Waals surface area (Å²) >= 11 is 0. The van der Waals surface area contributed by atoms with Gasteiger partial charge in [-0.25, -0.2) is 4.68 Å². The van der Waals surface area contributed by atoms with Gasteiger partial charge >= 0.3 is 0 Å². The van der Waals surface area contributed by atoms with Crippen LogP contribution in [0.25, 0.3) is 10.8 Å². The molecule has 3 rings (SSSR count). The number of nitrogens with one attached hydrogen (secondary N) is 1. The molecule has 1 amide bonds. The lowest BCUT2D eigenvalue weighted by Gasteiger charge is -2.14. The number of fused-ring (bicyclic) bond motifs is 1. The fourth-order valence-electron chi connectivity index (χ4n) is 3.02. The van der Waals surface area contributed by atoms with Crippen molar-refractivity contribution < 1.29 is 4.79 Å². The van der Waals surface area contributed by atoms with E-state index in [2.05, 4.69) is 10.4 Å². The number of hydrogen-bond donors (Lipinski definition) is 1. The zero-order valence-corrected chi connectivity index (χ0v) is 14.2. The van der Waals surface area contributed by atoms with Gasteiger partial charge in [-0.2, -0.15) is 5.10 Å². The van der Waals surface area contributed by atoms with E-state index in [4.69, 9.17) is 0 Å². The average molecular weight is 321 g/mol. The summed E-state index contributed by atoms with van der Waals surface area (Å²) < 4.78 is 1.20. The van der Waals surface area contributed by atoms with Crippen molar-refractivity contribution in [3.63, 3.8) is 0 Å². The molecule has 122 valence electrons. The Morgan fingerprint density at radius 1 is 1.04 bits per heavy atom. The summed E-state index contributed by atoms with van der Waals surface area (Å²) in [6, 6.07) is 11.1. The summed E-state index contributed by atoms with van der Waals surface area (Å²) in [5.74, 6) is -0.322. The van der Waals surface area contributed by atoms with E-state index in [-0.39, 0.29) is 17.2 Å². The van der Waals surface area contributed by atoms with E-state index in [9.17, 15) is 9.59 Å². The summed E-state index contributed by atoms with van der Waals surface area (Å²) in [7, 11) is 1.55. The van der Waals surface area contributed by atoms with Crippen molar-refractivity contribution in [3.05, 3.63) is 69.1 Å². The summed E-state index contributed by atoms with van der Waals surface area (Å²) in [5.41, 5.74) is 3.95. The normalized spacial score (nSPS) is 10.8. The number of nitrogens with zero attached hydrogens (tertiary/aromatic N) is 2. The quantitative estimate of drug-likeness (QED) is 0.789. The van der Waals surface area contributed by atoms with Crippen LogP contribution >= 0.6 is 0 Å². The smallest absolute Gasteiger partial charge is 0.276 e. The molecule has 24 heavy (non-hydrogen) atoms. The molecule has 0 aliphatic carbocycles. The van der Waals surface area contributed by atoms with Crippen molar-refractivity contribution in [1.82, 2.24) is 9.78 Å². The minimum atomic E-state index is -0.322. The fraction of sp³-hybridized carbons (Fsp3) is 0.211. The molecule has 0 fully saturated rings. The summed E-state index contributed by atoms with van der Waals surface area (Å²) in [4.78, 5) is 25.0. The number of aryl methyl sites for hydroxylation is 4. The Hall–Kier alpha value is -2.95. The third-order valence-corrected chi connectivity index (χ3v) is 4.09. The number of rotatable bonds is 2. The molecule has 0 atom stereocenters. The van der Waals surface area contributed by atoms with E-state index in [1.54, 1.807) is 31.3 Å².